The van der Waals surface area contributed by atoms with Gasteiger partial charge < -0.3 is 0 Å². The Morgan fingerprint density at radius 3 is 2.96 bits per heavy atom. The van der Waals surface area contributed by atoms with Gasteiger partial charge in [0.1, 0.15) is 0 Å². The van der Waals surface area contributed by atoms with Crippen LogP contribution < -0.4 is 4.90 Å². The van der Waals surface area contributed by atoms with E-state index in [0.717, 1.165) is 28.5 Å². The summed E-state index contributed by atoms with van der Waals surface area (Å²) >= 11 is 8.84. The summed E-state index contributed by atoms with van der Waals surface area (Å²) in [5.74, 6) is 0.149. The number of aromatic nitrogens is 2. The molecule has 1 aliphatic heterocycles. The molecule has 2 aromatic heterocycles. The quantitative estimate of drug-likeness (QED) is 0.680. The highest BCUT2D eigenvalue weighted by Gasteiger charge is 2.35. The van der Waals surface area contributed by atoms with Gasteiger partial charge in [0.2, 0.25) is 11.0 Å². The molecule has 4 rings (SSSR count). The molecule has 134 valence electrons. The van der Waals surface area contributed by atoms with Gasteiger partial charge in [-0.2, -0.15) is 0 Å². The number of carbonyl (C=O) groups is 1. The normalized spacial score (nSPS) is 20.9. The summed E-state index contributed by atoms with van der Waals surface area (Å²) in [7, 11) is 0. The van der Waals surface area contributed by atoms with Crippen LogP contribution in [0.15, 0.2) is 17.5 Å². The monoisotopic (exact) mass is 394 g/mol. The second kappa shape index (κ2) is 7.26. The molecule has 2 aromatic rings. The van der Waals surface area contributed by atoms with Crippen molar-refractivity contribution in [3.63, 3.8) is 0 Å². The number of nitrogens with zero attached hydrogens (tertiary/aromatic N) is 4. The number of thiophene rings is 1. The molecule has 3 heterocycles. The van der Waals surface area contributed by atoms with Crippen LogP contribution in [0.25, 0.3) is 0 Å². The third-order valence-electron chi connectivity index (χ3n) is 4.84. The van der Waals surface area contributed by atoms with Crippen molar-refractivity contribution in [2.45, 2.75) is 57.8 Å². The van der Waals surface area contributed by atoms with Crippen LogP contribution in [0.2, 0.25) is 0 Å². The van der Waals surface area contributed by atoms with Gasteiger partial charge in [0, 0.05) is 29.9 Å². The van der Waals surface area contributed by atoms with Crippen LogP contribution in [0.1, 0.15) is 49.9 Å². The fourth-order valence-corrected chi connectivity index (χ4v) is 5.49. The van der Waals surface area contributed by atoms with E-state index >= 15 is 0 Å². The number of anilines is 1. The zero-order valence-electron chi connectivity index (χ0n) is 14.3. The van der Waals surface area contributed by atoms with Crippen molar-refractivity contribution in [2.24, 2.45) is 0 Å². The maximum Gasteiger partial charge on any atom is 0.228 e. The van der Waals surface area contributed by atoms with Crippen LogP contribution in [0.3, 0.4) is 0 Å². The molecule has 1 amide bonds. The van der Waals surface area contributed by atoms with Crippen molar-refractivity contribution in [3.8, 4) is 0 Å². The van der Waals surface area contributed by atoms with E-state index in [1.165, 1.54) is 29.1 Å². The van der Waals surface area contributed by atoms with E-state index in [2.05, 4.69) is 22.4 Å². The molecule has 0 N–H and O–H groups in total. The average molecular weight is 395 g/mol. The molecule has 1 aliphatic carbocycles. The zero-order chi connectivity index (χ0) is 17.4. The van der Waals surface area contributed by atoms with Gasteiger partial charge >= 0.3 is 0 Å². The van der Waals surface area contributed by atoms with Gasteiger partial charge in [-0.05, 0) is 49.3 Å². The largest absolute Gasteiger partial charge is 0.284 e. The van der Waals surface area contributed by atoms with Crippen LogP contribution in [-0.4, -0.2) is 33.2 Å². The Morgan fingerprint density at radius 1 is 1.44 bits per heavy atom. The SMILES string of the molecule is CCC(=O)N(c1nn(CN2CCC[C@@H]2c2cccs2)c(=S)s1)C1CC1. The van der Waals surface area contributed by atoms with Gasteiger partial charge in [-0.15, -0.1) is 16.4 Å². The maximum absolute atomic E-state index is 12.3. The summed E-state index contributed by atoms with van der Waals surface area (Å²) < 4.78 is 2.65. The van der Waals surface area contributed by atoms with Crippen molar-refractivity contribution in [3.05, 3.63) is 26.3 Å². The van der Waals surface area contributed by atoms with Crippen molar-refractivity contribution >= 4 is 45.9 Å². The molecular formula is C17H22N4OS3. The minimum atomic E-state index is 0.149. The number of hydrogen-bond acceptors (Lipinski definition) is 6. The summed E-state index contributed by atoms with van der Waals surface area (Å²) in [6.45, 7) is 3.68. The Labute approximate surface area is 160 Å². The highest BCUT2D eigenvalue weighted by atomic mass is 32.1. The Kier molecular flexibility index (Phi) is 5.04. The van der Waals surface area contributed by atoms with E-state index < -0.39 is 0 Å². The third-order valence-corrected chi connectivity index (χ3v) is 7.12. The van der Waals surface area contributed by atoms with Gasteiger partial charge in [0.25, 0.3) is 0 Å². The highest BCUT2D eigenvalue weighted by Crippen LogP contribution is 2.36. The molecule has 0 radical (unpaired) electrons. The lowest BCUT2D eigenvalue weighted by atomic mass is 10.2. The maximum atomic E-state index is 12.3. The Morgan fingerprint density at radius 2 is 2.28 bits per heavy atom. The van der Waals surface area contributed by atoms with Crippen molar-refractivity contribution in [1.29, 1.82) is 0 Å². The van der Waals surface area contributed by atoms with Gasteiger partial charge in [-0.1, -0.05) is 24.3 Å². The summed E-state index contributed by atoms with van der Waals surface area (Å²) in [6, 6.07) is 5.12. The lowest BCUT2D eigenvalue weighted by molar-refractivity contribution is -0.118. The Bertz CT molecular complexity index is 793. The second-order valence-corrected chi connectivity index (χ2v) is 9.21. The molecule has 1 atom stereocenters. The minimum Gasteiger partial charge on any atom is -0.284 e. The molecule has 0 spiro atoms. The first-order valence-electron chi connectivity index (χ1n) is 8.85. The topological polar surface area (TPSA) is 41.4 Å². The molecule has 8 heteroatoms. The van der Waals surface area contributed by atoms with Gasteiger partial charge in [-0.25, -0.2) is 4.68 Å². The lowest BCUT2D eigenvalue weighted by Gasteiger charge is -2.23. The highest BCUT2D eigenvalue weighted by molar-refractivity contribution is 7.73. The van der Waals surface area contributed by atoms with Crippen molar-refractivity contribution in [2.75, 3.05) is 11.4 Å². The smallest absolute Gasteiger partial charge is 0.228 e. The summed E-state index contributed by atoms with van der Waals surface area (Å²) in [6.07, 6.45) is 5.05. The molecule has 25 heavy (non-hydrogen) atoms. The van der Waals surface area contributed by atoms with Crippen LogP contribution in [0, 0.1) is 3.95 Å². The Hall–Kier alpha value is -1.09. The predicted octanol–water partition coefficient (Wildman–Crippen LogP) is 4.44. The van der Waals surface area contributed by atoms with Crippen LogP contribution >= 0.6 is 34.9 Å². The molecule has 1 saturated carbocycles. The first-order valence-corrected chi connectivity index (χ1v) is 10.9. The number of rotatable bonds is 6. The first kappa shape index (κ1) is 17.3. The first-order chi connectivity index (χ1) is 12.2. The van der Waals surface area contributed by atoms with Crippen molar-refractivity contribution < 1.29 is 4.79 Å². The van der Waals surface area contributed by atoms with E-state index in [1.807, 2.05) is 27.8 Å². The molecule has 5 nitrogen and oxygen atoms in total. The predicted molar refractivity (Wildman–Crippen MR) is 105 cm³/mol. The van der Waals surface area contributed by atoms with Crippen molar-refractivity contribution in [1.82, 2.24) is 14.7 Å². The summed E-state index contributed by atoms with van der Waals surface area (Å²) in [4.78, 5) is 18.0. The number of hydrogen-bond donors (Lipinski definition) is 0. The third kappa shape index (κ3) is 3.58. The van der Waals surface area contributed by atoms with E-state index in [1.54, 1.807) is 0 Å². The lowest BCUT2D eigenvalue weighted by Crippen LogP contribution is -2.33. The standard InChI is InChI=1S/C17H22N4OS3/c1-2-15(22)21(12-7-8-12)16-18-20(17(23)25-16)11-19-9-3-5-13(19)14-6-4-10-24-14/h4,6,10,12-13H,2-3,5,7-9,11H2,1H3/t13-/m1/s1. The molecular weight excluding hydrogens is 372 g/mol. The molecule has 0 aromatic carbocycles. The number of carbonyl (C=O) groups excluding carboxylic acids is 1. The van der Waals surface area contributed by atoms with Crippen LogP contribution in [-0.2, 0) is 11.5 Å². The Balaban J connectivity index is 1.54. The van der Waals surface area contributed by atoms with Gasteiger partial charge in [-0.3, -0.25) is 14.6 Å². The second-order valence-electron chi connectivity index (χ2n) is 6.63. The molecule has 0 bridgehead atoms. The summed E-state index contributed by atoms with van der Waals surface area (Å²) in [5, 5.41) is 7.63. The fourth-order valence-electron chi connectivity index (χ4n) is 3.42. The average Bonchev–Trinajstić information content (AvgIpc) is 3.01. The van der Waals surface area contributed by atoms with Crippen LogP contribution in [0.4, 0.5) is 5.13 Å². The van der Waals surface area contributed by atoms with Crippen LogP contribution in [0.5, 0.6) is 0 Å². The fraction of sp³-hybridized carbons (Fsp3) is 0.588. The van der Waals surface area contributed by atoms with Gasteiger partial charge in [0.15, 0.2) is 3.95 Å². The molecule has 2 aliphatic rings. The molecule has 2 fully saturated rings. The van der Waals surface area contributed by atoms with E-state index in [9.17, 15) is 4.79 Å². The zero-order valence-corrected chi connectivity index (χ0v) is 16.7. The molecule has 1 saturated heterocycles. The number of amides is 1. The van der Waals surface area contributed by atoms with E-state index in [4.69, 9.17) is 17.3 Å². The van der Waals surface area contributed by atoms with E-state index in [-0.39, 0.29) is 5.91 Å². The minimum absolute atomic E-state index is 0.149. The van der Waals surface area contributed by atoms with Gasteiger partial charge in [0.05, 0.1) is 6.67 Å². The van der Waals surface area contributed by atoms with E-state index in [0.29, 0.717) is 25.2 Å². The summed E-state index contributed by atoms with van der Waals surface area (Å²) in [5.41, 5.74) is 0. The molecule has 0 unspecified atom stereocenters. The number of likely N-dealkylation sites (tertiary alicyclic amines) is 1.